The summed E-state index contributed by atoms with van der Waals surface area (Å²) in [7, 11) is 0. The van der Waals surface area contributed by atoms with Crippen molar-refractivity contribution in [3.05, 3.63) is 27.7 Å². The summed E-state index contributed by atoms with van der Waals surface area (Å²) in [5, 5.41) is 8.87. The molecule has 0 amide bonds. The van der Waals surface area contributed by atoms with E-state index >= 15 is 0 Å². The van der Waals surface area contributed by atoms with Gasteiger partial charge in [0.1, 0.15) is 0 Å². The Morgan fingerprint density at radius 3 is 1.93 bits per heavy atom. The number of rotatable bonds is 1. The van der Waals surface area contributed by atoms with Gasteiger partial charge in [-0.3, -0.25) is 0 Å². The van der Waals surface area contributed by atoms with Gasteiger partial charge >= 0.3 is 5.97 Å². The SMILES string of the molecule is CC.Nc1c(Cl)cc(C(=O)O)cc1Cl. The lowest BCUT2D eigenvalue weighted by atomic mass is 10.2. The average Bonchev–Trinajstić information content (AvgIpc) is 2.16. The van der Waals surface area contributed by atoms with E-state index in [1.165, 1.54) is 12.1 Å². The van der Waals surface area contributed by atoms with Crippen LogP contribution in [0.1, 0.15) is 24.2 Å². The summed E-state index contributed by atoms with van der Waals surface area (Å²) in [4.78, 5) is 10.5. The highest BCUT2D eigenvalue weighted by atomic mass is 35.5. The number of nitrogens with two attached hydrogens (primary N) is 1. The zero-order valence-electron chi connectivity index (χ0n) is 7.84. The number of nitrogen functional groups attached to an aromatic ring is 1. The van der Waals surface area contributed by atoms with Gasteiger partial charge in [0.25, 0.3) is 0 Å². The van der Waals surface area contributed by atoms with Gasteiger partial charge in [0, 0.05) is 0 Å². The molecule has 0 saturated heterocycles. The standard InChI is InChI=1S/C7H5Cl2NO2.C2H6/c8-4-1-3(7(11)12)2-5(9)6(4)10;1-2/h1-2H,10H2,(H,11,12);1-2H3. The Balaban J connectivity index is 0.000000791. The lowest BCUT2D eigenvalue weighted by Gasteiger charge is -2.01. The monoisotopic (exact) mass is 235 g/mol. The van der Waals surface area contributed by atoms with Crippen LogP contribution in [0.5, 0.6) is 0 Å². The Kier molecular flexibility index (Phi) is 5.35. The van der Waals surface area contributed by atoms with E-state index in [1.807, 2.05) is 13.8 Å². The van der Waals surface area contributed by atoms with Crippen LogP contribution in [0.4, 0.5) is 5.69 Å². The van der Waals surface area contributed by atoms with Gasteiger partial charge in [-0.05, 0) is 12.1 Å². The Bertz CT molecular complexity index is 317. The van der Waals surface area contributed by atoms with Gasteiger partial charge in [0.2, 0.25) is 0 Å². The number of aromatic carboxylic acids is 1. The molecular weight excluding hydrogens is 225 g/mol. The number of anilines is 1. The molecule has 0 saturated carbocycles. The molecule has 3 nitrogen and oxygen atoms in total. The van der Waals surface area contributed by atoms with Crippen molar-refractivity contribution in [3.8, 4) is 0 Å². The number of carbonyl (C=O) groups is 1. The third kappa shape index (κ3) is 3.09. The van der Waals surface area contributed by atoms with Crippen LogP contribution in [-0.4, -0.2) is 11.1 Å². The van der Waals surface area contributed by atoms with Gasteiger partial charge in [0.05, 0.1) is 21.3 Å². The molecule has 0 bridgehead atoms. The smallest absolute Gasteiger partial charge is 0.335 e. The number of carboxylic acid groups (broad SMARTS) is 1. The second-order valence-electron chi connectivity index (χ2n) is 2.16. The quantitative estimate of drug-likeness (QED) is 0.735. The van der Waals surface area contributed by atoms with Crippen LogP contribution in [0.25, 0.3) is 0 Å². The first-order valence-corrected chi connectivity index (χ1v) is 4.76. The maximum atomic E-state index is 10.5. The molecule has 14 heavy (non-hydrogen) atoms. The van der Waals surface area contributed by atoms with Crippen molar-refractivity contribution in [1.29, 1.82) is 0 Å². The van der Waals surface area contributed by atoms with Crippen LogP contribution >= 0.6 is 23.2 Å². The van der Waals surface area contributed by atoms with Crippen molar-refractivity contribution < 1.29 is 9.90 Å². The molecule has 0 aliphatic rings. The summed E-state index contributed by atoms with van der Waals surface area (Å²) in [6.45, 7) is 4.00. The Morgan fingerprint density at radius 1 is 1.29 bits per heavy atom. The molecule has 0 aliphatic heterocycles. The predicted octanol–water partition coefficient (Wildman–Crippen LogP) is 3.30. The Morgan fingerprint density at radius 2 is 1.64 bits per heavy atom. The van der Waals surface area contributed by atoms with Gasteiger partial charge in [-0.15, -0.1) is 0 Å². The van der Waals surface area contributed by atoms with Gasteiger partial charge in [-0.25, -0.2) is 4.79 Å². The Hall–Kier alpha value is -0.930. The first-order valence-electron chi connectivity index (χ1n) is 4.00. The van der Waals surface area contributed by atoms with E-state index < -0.39 is 5.97 Å². The van der Waals surface area contributed by atoms with E-state index in [9.17, 15) is 4.79 Å². The van der Waals surface area contributed by atoms with Crippen LogP contribution in [0.2, 0.25) is 10.0 Å². The molecule has 1 aromatic carbocycles. The lowest BCUT2D eigenvalue weighted by Crippen LogP contribution is -1.98. The normalized spacial score (nSPS) is 8.86. The van der Waals surface area contributed by atoms with Gasteiger partial charge in [-0.2, -0.15) is 0 Å². The van der Waals surface area contributed by atoms with Crippen molar-refractivity contribution in [2.45, 2.75) is 13.8 Å². The minimum atomic E-state index is -1.08. The molecular formula is C9H11Cl2NO2. The van der Waals surface area contributed by atoms with Gasteiger partial charge in [0.15, 0.2) is 0 Å². The largest absolute Gasteiger partial charge is 0.478 e. The Labute approximate surface area is 92.4 Å². The van der Waals surface area contributed by atoms with Crippen LogP contribution in [0.15, 0.2) is 12.1 Å². The first kappa shape index (κ1) is 13.1. The fourth-order valence-corrected chi connectivity index (χ4v) is 1.19. The summed E-state index contributed by atoms with van der Waals surface area (Å²) in [5.74, 6) is -1.08. The fourth-order valence-electron chi connectivity index (χ4n) is 0.708. The molecule has 0 heterocycles. The topological polar surface area (TPSA) is 63.3 Å². The minimum absolute atomic E-state index is 0.0270. The summed E-state index contributed by atoms with van der Waals surface area (Å²) < 4.78 is 0. The highest BCUT2D eigenvalue weighted by molar-refractivity contribution is 6.39. The highest BCUT2D eigenvalue weighted by Gasteiger charge is 2.08. The van der Waals surface area contributed by atoms with Crippen LogP contribution in [0.3, 0.4) is 0 Å². The van der Waals surface area contributed by atoms with E-state index in [0.29, 0.717) is 0 Å². The van der Waals surface area contributed by atoms with Crippen molar-refractivity contribution in [1.82, 2.24) is 0 Å². The molecule has 3 N–H and O–H groups in total. The van der Waals surface area contributed by atoms with Crippen LogP contribution in [-0.2, 0) is 0 Å². The third-order valence-corrected chi connectivity index (χ3v) is 1.95. The minimum Gasteiger partial charge on any atom is -0.478 e. The van der Waals surface area contributed by atoms with E-state index in [4.69, 9.17) is 34.0 Å². The number of benzene rings is 1. The molecule has 0 aliphatic carbocycles. The molecule has 5 heteroatoms. The van der Waals surface area contributed by atoms with Crippen LogP contribution in [0, 0.1) is 0 Å². The van der Waals surface area contributed by atoms with Crippen molar-refractivity contribution in [3.63, 3.8) is 0 Å². The zero-order chi connectivity index (χ0) is 11.3. The fraction of sp³-hybridized carbons (Fsp3) is 0.222. The third-order valence-electron chi connectivity index (χ3n) is 1.33. The molecule has 1 rings (SSSR count). The number of halogens is 2. The van der Waals surface area contributed by atoms with Crippen molar-refractivity contribution >= 4 is 34.9 Å². The molecule has 1 aromatic rings. The van der Waals surface area contributed by atoms with E-state index in [-0.39, 0.29) is 21.3 Å². The molecule has 0 unspecified atom stereocenters. The summed E-state index contributed by atoms with van der Waals surface area (Å²) in [5.41, 5.74) is 5.62. The maximum Gasteiger partial charge on any atom is 0.335 e. The van der Waals surface area contributed by atoms with E-state index in [1.54, 1.807) is 0 Å². The van der Waals surface area contributed by atoms with Crippen LogP contribution < -0.4 is 5.73 Å². The molecule has 0 radical (unpaired) electrons. The first-order chi connectivity index (χ1) is 6.52. The number of hydrogen-bond donors (Lipinski definition) is 2. The highest BCUT2D eigenvalue weighted by Crippen LogP contribution is 2.28. The molecule has 0 aromatic heterocycles. The second kappa shape index (κ2) is 5.73. The predicted molar refractivity (Wildman–Crippen MR) is 59.2 cm³/mol. The zero-order valence-corrected chi connectivity index (χ0v) is 9.36. The van der Waals surface area contributed by atoms with Crippen molar-refractivity contribution in [2.24, 2.45) is 0 Å². The van der Waals surface area contributed by atoms with Crippen molar-refractivity contribution in [2.75, 3.05) is 5.73 Å². The van der Waals surface area contributed by atoms with Gasteiger partial charge < -0.3 is 10.8 Å². The summed E-state index contributed by atoms with van der Waals surface area (Å²) in [6.07, 6.45) is 0. The molecule has 0 atom stereocenters. The molecule has 78 valence electrons. The lowest BCUT2D eigenvalue weighted by molar-refractivity contribution is 0.0697. The number of hydrogen-bond acceptors (Lipinski definition) is 2. The summed E-state index contributed by atoms with van der Waals surface area (Å²) in [6, 6.07) is 2.51. The molecule has 0 fully saturated rings. The second-order valence-corrected chi connectivity index (χ2v) is 2.97. The van der Waals surface area contributed by atoms with E-state index in [0.717, 1.165) is 0 Å². The maximum absolute atomic E-state index is 10.5. The molecule has 0 spiro atoms. The van der Waals surface area contributed by atoms with Gasteiger partial charge in [-0.1, -0.05) is 37.0 Å². The summed E-state index contributed by atoms with van der Waals surface area (Å²) >= 11 is 11.2. The average molecular weight is 236 g/mol. The van der Waals surface area contributed by atoms with E-state index in [2.05, 4.69) is 0 Å². The number of carboxylic acids is 1.